The van der Waals surface area contributed by atoms with E-state index in [0.29, 0.717) is 12.2 Å². The van der Waals surface area contributed by atoms with Crippen LogP contribution in [0.4, 0.5) is 4.79 Å². The van der Waals surface area contributed by atoms with E-state index in [-0.39, 0.29) is 19.0 Å². The van der Waals surface area contributed by atoms with Crippen molar-refractivity contribution < 1.29 is 19.1 Å². The Balaban J connectivity index is 1.45. The van der Waals surface area contributed by atoms with Crippen LogP contribution in [0.5, 0.6) is 5.75 Å². The quantitative estimate of drug-likeness (QED) is 0.762. The molecule has 4 amide bonds. The summed E-state index contributed by atoms with van der Waals surface area (Å²) in [5.41, 5.74) is 1.71. The van der Waals surface area contributed by atoms with E-state index >= 15 is 0 Å². The molecular formula is C22H23N3O4. The topological polar surface area (TPSA) is 87.7 Å². The molecule has 29 heavy (non-hydrogen) atoms. The molecule has 1 heterocycles. The summed E-state index contributed by atoms with van der Waals surface area (Å²) in [7, 11) is 1.58. The second-order valence-electron chi connectivity index (χ2n) is 7.37. The summed E-state index contributed by atoms with van der Waals surface area (Å²) < 4.78 is 5.17. The number of amides is 4. The second kappa shape index (κ2) is 7.58. The van der Waals surface area contributed by atoms with Crippen LogP contribution in [0.2, 0.25) is 0 Å². The molecule has 1 spiro atoms. The van der Waals surface area contributed by atoms with Crippen LogP contribution in [0.15, 0.2) is 48.5 Å². The monoisotopic (exact) mass is 393 g/mol. The summed E-state index contributed by atoms with van der Waals surface area (Å²) in [5, 5.41) is 5.62. The van der Waals surface area contributed by atoms with E-state index in [1.54, 1.807) is 7.11 Å². The molecule has 0 saturated carbocycles. The van der Waals surface area contributed by atoms with E-state index in [9.17, 15) is 14.4 Å². The standard InChI is InChI=1S/C22H23N3O4/c1-29-17-9-4-6-15(12-17)13-23-19(26)14-25-20(27)22(24-21(25)28)11-5-8-16-7-2-3-10-18(16)22/h2-4,6-7,9-10,12H,5,8,11,13-14H2,1H3,(H,23,26)(H,24,28). The zero-order valence-electron chi connectivity index (χ0n) is 16.2. The third kappa shape index (κ3) is 3.44. The molecule has 0 radical (unpaired) electrons. The van der Waals surface area contributed by atoms with Crippen LogP contribution in [-0.4, -0.2) is 36.4 Å². The molecule has 1 unspecified atom stereocenters. The minimum Gasteiger partial charge on any atom is -0.497 e. The van der Waals surface area contributed by atoms with Gasteiger partial charge in [0.2, 0.25) is 5.91 Å². The molecule has 1 fully saturated rings. The van der Waals surface area contributed by atoms with Crippen molar-refractivity contribution in [3.05, 3.63) is 65.2 Å². The Morgan fingerprint density at radius 1 is 1.21 bits per heavy atom. The van der Waals surface area contributed by atoms with Gasteiger partial charge in [0, 0.05) is 6.54 Å². The lowest BCUT2D eigenvalue weighted by molar-refractivity contribution is -0.135. The highest BCUT2D eigenvalue weighted by atomic mass is 16.5. The number of rotatable bonds is 5. The number of carbonyl (C=O) groups is 3. The molecule has 1 saturated heterocycles. The van der Waals surface area contributed by atoms with Crippen molar-refractivity contribution in [3.8, 4) is 5.75 Å². The van der Waals surface area contributed by atoms with Gasteiger partial charge in [-0.25, -0.2) is 4.79 Å². The molecule has 4 rings (SSSR count). The fourth-order valence-corrected chi connectivity index (χ4v) is 4.14. The van der Waals surface area contributed by atoms with Crippen molar-refractivity contribution in [2.75, 3.05) is 13.7 Å². The van der Waals surface area contributed by atoms with Gasteiger partial charge in [-0.2, -0.15) is 0 Å². The number of nitrogens with one attached hydrogen (secondary N) is 2. The van der Waals surface area contributed by atoms with Crippen LogP contribution in [0.25, 0.3) is 0 Å². The van der Waals surface area contributed by atoms with Gasteiger partial charge in [-0.3, -0.25) is 14.5 Å². The molecule has 1 aliphatic heterocycles. The molecule has 7 nitrogen and oxygen atoms in total. The zero-order valence-corrected chi connectivity index (χ0v) is 16.2. The molecule has 2 aromatic carbocycles. The first kappa shape index (κ1) is 19.0. The normalized spacial score (nSPS) is 20.4. The van der Waals surface area contributed by atoms with Gasteiger partial charge in [0.05, 0.1) is 7.11 Å². The summed E-state index contributed by atoms with van der Waals surface area (Å²) in [6.07, 6.45) is 2.22. The van der Waals surface area contributed by atoms with Crippen molar-refractivity contribution in [3.63, 3.8) is 0 Å². The highest BCUT2D eigenvalue weighted by molar-refractivity contribution is 6.09. The van der Waals surface area contributed by atoms with Gasteiger partial charge in [-0.05, 0) is 48.1 Å². The molecular weight excluding hydrogens is 370 g/mol. The van der Waals surface area contributed by atoms with Crippen molar-refractivity contribution in [1.29, 1.82) is 0 Å². The number of aryl methyl sites for hydroxylation is 1. The third-order valence-electron chi connectivity index (χ3n) is 5.58. The molecule has 150 valence electrons. The van der Waals surface area contributed by atoms with Crippen LogP contribution in [0.1, 0.15) is 29.5 Å². The Hall–Kier alpha value is -3.35. The average molecular weight is 393 g/mol. The van der Waals surface area contributed by atoms with E-state index < -0.39 is 17.5 Å². The molecule has 0 aromatic heterocycles. The number of imide groups is 1. The van der Waals surface area contributed by atoms with Crippen molar-refractivity contribution in [2.24, 2.45) is 0 Å². The lowest BCUT2D eigenvalue weighted by Crippen LogP contribution is -2.47. The van der Waals surface area contributed by atoms with Gasteiger partial charge >= 0.3 is 6.03 Å². The molecule has 2 aromatic rings. The Morgan fingerprint density at radius 2 is 2.03 bits per heavy atom. The maximum Gasteiger partial charge on any atom is 0.325 e. The Kier molecular flexibility index (Phi) is 4.96. The number of benzene rings is 2. The van der Waals surface area contributed by atoms with Gasteiger partial charge in [-0.1, -0.05) is 36.4 Å². The lowest BCUT2D eigenvalue weighted by atomic mass is 9.76. The Labute approximate surface area is 169 Å². The number of nitrogens with zero attached hydrogens (tertiary/aromatic N) is 1. The number of hydrogen-bond donors (Lipinski definition) is 2. The van der Waals surface area contributed by atoms with Crippen molar-refractivity contribution in [2.45, 2.75) is 31.3 Å². The SMILES string of the molecule is COc1cccc(CNC(=O)CN2C(=O)NC3(CCCc4ccccc43)C2=O)c1. The van der Waals surface area contributed by atoms with Crippen LogP contribution >= 0.6 is 0 Å². The number of ether oxygens (including phenoxy) is 1. The summed E-state index contributed by atoms with van der Waals surface area (Å²) in [6, 6.07) is 14.5. The first-order chi connectivity index (χ1) is 14.0. The van der Waals surface area contributed by atoms with Crippen LogP contribution in [0, 0.1) is 0 Å². The molecule has 1 aliphatic carbocycles. The van der Waals surface area contributed by atoms with Crippen LogP contribution in [0.3, 0.4) is 0 Å². The third-order valence-corrected chi connectivity index (χ3v) is 5.58. The molecule has 2 aliphatic rings. The number of fused-ring (bicyclic) bond motifs is 2. The largest absolute Gasteiger partial charge is 0.497 e. The molecule has 0 bridgehead atoms. The van der Waals surface area contributed by atoms with Crippen molar-refractivity contribution in [1.82, 2.24) is 15.5 Å². The first-order valence-corrected chi connectivity index (χ1v) is 9.65. The van der Waals surface area contributed by atoms with Gasteiger partial charge in [0.25, 0.3) is 5.91 Å². The van der Waals surface area contributed by atoms with E-state index in [4.69, 9.17) is 4.74 Å². The van der Waals surface area contributed by atoms with Crippen LogP contribution < -0.4 is 15.4 Å². The molecule has 7 heteroatoms. The number of methoxy groups -OCH3 is 1. The minimum absolute atomic E-state index is 0.285. The second-order valence-corrected chi connectivity index (χ2v) is 7.37. The number of hydrogen-bond acceptors (Lipinski definition) is 4. The smallest absolute Gasteiger partial charge is 0.325 e. The summed E-state index contributed by atoms with van der Waals surface area (Å²) in [6.45, 7) is -0.0216. The summed E-state index contributed by atoms with van der Waals surface area (Å²) >= 11 is 0. The van der Waals surface area contributed by atoms with E-state index in [1.807, 2.05) is 48.5 Å². The van der Waals surface area contributed by atoms with E-state index in [1.165, 1.54) is 0 Å². The van der Waals surface area contributed by atoms with Crippen molar-refractivity contribution >= 4 is 17.8 Å². The number of urea groups is 1. The zero-order chi connectivity index (χ0) is 20.4. The van der Waals surface area contributed by atoms with E-state index in [2.05, 4.69) is 10.6 Å². The maximum atomic E-state index is 13.2. The fourth-order valence-electron chi connectivity index (χ4n) is 4.14. The lowest BCUT2D eigenvalue weighted by Gasteiger charge is -2.33. The minimum atomic E-state index is -1.06. The summed E-state index contributed by atoms with van der Waals surface area (Å²) in [5.74, 6) is -0.0487. The maximum absolute atomic E-state index is 13.2. The average Bonchev–Trinajstić information content (AvgIpc) is 2.97. The first-order valence-electron chi connectivity index (χ1n) is 9.65. The molecule has 2 N–H and O–H groups in total. The van der Waals surface area contributed by atoms with Gasteiger partial charge in [-0.15, -0.1) is 0 Å². The predicted octanol–water partition coefficient (Wildman–Crippen LogP) is 2.09. The van der Waals surface area contributed by atoms with Gasteiger partial charge in [0.1, 0.15) is 17.8 Å². The van der Waals surface area contributed by atoms with Crippen LogP contribution in [-0.2, 0) is 28.1 Å². The number of carbonyl (C=O) groups excluding carboxylic acids is 3. The van der Waals surface area contributed by atoms with Gasteiger partial charge < -0.3 is 15.4 Å². The highest BCUT2D eigenvalue weighted by Gasteiger charge is 2.54. The highest BCUT2D eigenvalue weighted by Crippen LogP contribution is 2.39. The molecule has 1 atom stereocenters. The Bertz CT molecular complexity index is 974. The predicted molar refractivity (Wildman–Crippen MR) is 106 cm³/mol. The summed E-state index contributed by atoms with van der Waals surface area (Å²) in [4.78, 5) is 39.2. The Morgan fingerprint density at radius 3 is 2.86 bits per heavy atom. The van der Waals surface area contributed by atoms with Gasteiger partial charge in [0.15, 0.2) is 0 Å². The fraction of sp³-hybridized carbons (Fsp3) is 0.318. The van der Waals surface area contributed by atoms with E-state index in [0.717, 1.165) is 34.4 Å².